The molecule has 3 amide bonds. The summed E-state index contributed by atoms with van der Waals surface area (Å²) < 4.78 is 0. The normalized spacial score (nSPS) is 10.6. The van der Waals surface area contributed by atoms with Crippen molar-refractivity contribution in [3.05, 3.63) is 29.8 Å². The summed E-state index contributed by atoms with van der Waals surface area (Å²) in [5, 5.41) is 8.15. The van der Waals surface area contributed by atoms with Crippen LogP contribution in [0, 0.1) is 0 Å². The Bertz CT molecular complexity index is 513. The number of nitrogens with one attached hydrogen (secondary N) is 3. The average Bonchev–Trinajstić information content (AvgIpc) is 2.34. The van der Waals surface area contributed by atoms with E-state index in [1.165, 1.54) is 0 Å². The van der Waals surface area contributed by atoms with Gasteiger partial charge in [-0.15, -0.1) is 12.4 Å². The lowest BCUT2D eigenvalue weighted by Crippen LogP contribution is -2.45. The highest BCUT2D eigenvalue weighted by Crippen LogP contribution is 2.15. The summed E-state index contributed by atoms with van der Waals surface area (Å²) in [5.74, 6) is -0.269. The van der Waals surface area contributed by atoms with E-state index in [1.807, 2.05) is 27.7 Å². The molecular formula is C15H25ClN4O2. The maximum absolute atomic E-state index is 12.2. The molecule has 0 aliphatic heterocycles. The molecule has 0 aliphatic rings. The summed E-state index contributed by atoms with van der Waals surface area (Å²) in [6, 6.07) is 6.52. The first-order valence-electron chi connectivity index (χ1n) is 6.92. The number of anilines is 1. The van der Waals surface area contributed by atoms with E-state index in [4.69, 9.17) is 5.73 Å². The maximum atomic E-state index is 12.2. The number of hydrogen-bond donors (Lipinski definition) is 4. The predicted molar refractivity (Wildman–Crippen MR) is 91.6 cm³/mol. The van der Waals surface area contributed by atoms with Gasteiger partial charge in [-0.05, 0) is 39.8 Å². The Morgan fingerprint density at radius 2 is 1.82 bits per heavy atom. The van der Waals surface area contributed by atoms with Gasteiger partial charge in [-0.3, -0.25) is 4.79 Å². The molecular weight excluding hydrogens is 304 g/mol. The number of halogens is 1. The molecule has 22 heavy (non-hydrogen) atoms. The molecule has 1 aromatic rings. The van der Waals surface area contributed by atoms with Crippen molar-refractivity contribution in [3.8, 4) is 0 Å². The summed E-state index contributed by atoms with van der Waals surface area (Å²) in [6.45, 7) is 7.72. The van der Waals surface area contributed by atoms with E-state index in [1.54, 1.807) is 24.3 Å². The quantitative estimate of drug-likeness (QED) is 0.666. The van der Waals surface area contributed by atoms with E-state index in [9.17, 15) is 9.59 Å². The van der Waals surface area contributed by atoms with Crippen molar-refractivity contribution >= 4 is 30.0 Å². The van der Waals surface area contributed by atoms with Gasteiger partial charge in [-0.25, -0.2) is 4.79 Å². The summed E-state index contributed by atoms with van der Waals surface area (Å²) in [7, 11) is 0. The third-order valence-corrected chi connectivity index (χ3v) is 2.54. The second-order valence-corrected chi connectivity index (χ2v) is 5.97. The van der Waals surface area contributed by atoms with Gasteiger partial charge >= 0.3 is 6.03 Å². The Kier molecular flexibility index (Phi) is 7.90. The Balaban J connectivity index is 0.00000441. The number of carbonyl (C=O) groups is 2. The monoisotopic (exact) mass is 328 g/mol. The average molecular weight is 329 g/mol. The molecule has 6 nitrogen and oxygen atoms in total. The van der Waals surface area contributed by atoms with E-state index < -0.39 is 5.54 Å². The van der Waals surface area contributed by atoms with Crippen molar-refractivity contribution in [2.45, 2.75) is 39.3 Å². The molecule has 0 fully saturated rings. The van der Waals surface area contributed by atoms with Crippen LogP contribution in [0.25, 0.3) is 0 Å². The fraction of sp³-hybridized carbons (Fsp3) is 0.467. The molecule has 1 aromatic carbocycles. The Hall–Kier alpha value is -1.79. The van der Waals surface area contributed by atoms with Crippen LogP contribution >= 0.6 is 12.4 Å². The highest BCUT2D eigenvalue weighted by Gasteiger charge is 2.16. The van der Waals surface area contributed by atoms with Crippen molar-refractivity contribution in [2.24, 2.45) is 5.73 Å². The first-order valence-corrected chi connectivity index (χ1v) is 6.92. The molecule has 5 N–H and O–H groups in total. The molecule has 0 spiro atoms. The SMILES string of the molecule is CC(C)NC(=O)Nc1ccccc1C(=O)NCC(C)(C)N.Cl. The highest BCUT2D eigenvalue weighted by molar-refractivity contribution is 6.03. The minimum atomic E-state index is -0.493. The summed E-state index contributed by atoms with van der Waals surface area (Å²) in [5.41, 5.74) is 6.21. The number of hydrogen-bond acceptors (Lipinski definition) is 3. The van der Waals surface area contributed by atoms with E-state index >= 15 is 0 Å². The second kappa shape index (κ2) is 8.60. The van der Waals surface area contributed by atoms with Crippen molar-refractivity contribution in [2.75, 3.05) is 11.9 Å². The van der Waals surface area contributed by atoms with Gasteiger partial charge in [0, 0.05) is 18.1 Å². The summed E-state index contributed by atoms with van der Waals surface area (Å²) in [4.78, 5) is 23.9. The molecule has 0 saturated heterocycles. The molecule has 0 bridgehead atoms. The number of benzene rings is 1. The van der Waals surface area contributed by atoms with Gasteiger partial charge in [-0.2, -0.15) is 0 Å². The van der Waals surface area contributed by atoms with Crippen LogP contribution in [-0.2, 0) is 0 Å². The Labute approximate surface area is 137 Å². The maximum Gasteiger partial charge on any atom is 0.319 e. The van der Waals surface area contributed by atoms with Crippen LogP contribution in [0.1, 0.15) is 38.1 Å². The molecule has 0 atom stereocenters. The van der Waals surface area contributed by atoms with E-state index in [-0.39, 0.29) is 30.4 Å². The van der Waals surface area contributed by atoms with Gasteiger partial charge in [0.25, 0.3) is 5.91 Å². The number of amides is 3. The lowest BCUT2D eigenvalue weighted by Gasteiger charge is -2.19. The molecule has 0 unspecified atom stereocenters. The van der Waals surface area contributed by atoms with Gasteiger partial charge in [0.2, 0.25) is 0 Å². The van der Waals surface area contributed by atoms with Crippen LogP contribution in [0.3, 0.4) is 0 Å². The largest absolute Gasteiger partial charge is 0.350 e. The molecule has 0 aromatic heterocycles. The van der Waals surface area contributed by atoms with Crippen molar-refractivity contribution in [1.29, 1.82) is 0 Å². The fourth-order valence-electron chi connectivity index (χ4n) is 1.61. The van der Waals surface area contributed by atoms with E-state index in [0.717, 1.165) is 0 Å². The molecule has 124 valence electrons. The standard InChI is InChI=1S/C15H24N4O2.ClH/c1-10(2)18-14(21)19-12-8-6-5-7-11(12)13(20)17-9-15(3,4)16;/h5-8,10H,9,16H2,1-4H3,(H,17,20)(H2,18,19,21);1H. The summed E-state index contributed by atoms with van der Waals surface area (Å²) >= 11 is 0. The second-order valence-electron chi connectivity index (χ2n) is 5.97. The lowest BCUT2D eigenvalue weighted by atomic mass is 10.1. The molecule has 0 radical (unpaired) electrons. The molecule has 7 heteroatoms. The minimum absolute atomic E-state index is 0. The Morgan fingerprint density at radius 3 is 2.36 bits per heavy atom. The van der Waals surface area contributed by atoms with Gasteiger partial charge in [0.15, 0.2) is 0 Å². The van der Waals surface area contributed by atoms with Crippen LogP contribution in [0.15, 0.2) is 24.3 Å². The smallest absolute Gasteiger partial charge is 0.319 e. The lowest BCUT2D eigenvalue weighted by molar-refractivity contribution is 0.0947. The fourth-order valence-corrected chi connectivity index (χ4v) is 1.61. The third-order valence-electron chi connectivity index (χ3n) is 2.54. The number of nitrogens with two attached hydrogens (primary N) is 1. The van der Waals surface area contributed by atoms with Crippen molar-refractivity contribution in [3.63, 3.8) is 0 Å². The molecule has 0 aliphatic carbocycles. The number of urea groups is 1. The third kappa shape index (κ3) is 7.28. The van der Waals surface area contributed by atoms with E-state index in [2.05, 4.69) is 16.0 Å². The zero-order valence-electron chi connectivity index (χ0n) is 13.4. The molecule has 0 heterocycles. The molecule has 0 saturated carbocycles. The number of rotatable bonds is 5. The summed E-state index contributed by atoms with van der Waals surface area (Å²) in [6.07, 6.45) is 0. The topological polar surface area (TPSA) is 96.2 Å². The van der Waals surface area contributed by atoms with Gasteiger partial charge in [0.1, 0.15) is 0 Å². The van der Waals surface area contributed by atoms with Crippen LogP contribution in [0.5, 0.6) is 0 Å². The molecule has 1 rings (SSSR count). The first-order chi connectivity index (χ1) is 9.69. The minimum Gasteiger partial charge on any atom is -0.350 e. The number of carbonyl (C=O) groups excluding carboxylic acids is 2. The van der Waals surface area contributed by atoms with Gasteiger partial charge in [-0.1, -0.05) is 12.1 Å². The predicted octanol–water partition coefficient (Wildman–Crippen LogP) is 2.11. The zero-order chi connectivity index (χ0) is 16.0. The highest BCUT2D eigenvalue weighted by atomic mass is 35.5. The van der Waals surface area contributed by atoms with Crippen LogP contribution < -0.4 is 21.7 Å². The van der Waals surface area contributed by atoms with Gasteiger partial charge < -0.3 is 21.7 Å². The van der Waals surface area contributed by atoms with Crippen molar-refractivity contribution in [1.82, 2.24) is 10.6 Å². The van der Waals surface area contributed by atoms with Crippen molar-refractivity contribution < 1.29 is 9.59 Å². The van der Waals surface area contributed by atoms with Crippen LogP contribution in [0.4, 0.5) is 10.5 Å². The Morgan fingerprint density at radius 1 is 1.23 bits per heavy atom. The van der Waals surface area contributed by atoms with Crippen LogP contribution in [0.2, 0.25) is 0 Å². The number of para-hydroxylation sites is 1. The van der Waals surface area contributed by atoms with E-state index in [0.29, 0.717) is 17.8 Å². The first kappa shape index (κ1) is 20.2. The van der Waals surface area contributed by atoms with Gasteiger partial charge in [0.05, 0.1) is 11.3 Å². The van der Waals surface area contributed by atoms with Crippen LogP contribution in [-0.4, -0.2) is 30.1 Å². The zero-order valence-corrected chi connectivity index (χ0v) is 14.2.